The highest BCUT2D eigenvalue weighted by Gasteiger charge is 2.06. The van der Waals surface area contributed by atoms with Crippen LogP contribution in [0.4, 0.5) is 0 Å². The van der Waals surface area contributed by atoms with Crippen LogP contribution in [-0.2, 0) is 17.8 Å². The molecule has 0 saturated carbocycles. The zero-order valence-electron chi connectivity index (χ0n) is 10.7. The number of nitrogens with zero attached hydrogens (tertiary/aromatic N) is 2. The minimum atomic E-state index is 0.356. The fraction of sp³-hybridized carbons (Fsp3) is 0.750. The minimum Gasteiger partial charge on any atom is -0.383 e. The van der Waals surface area contributed by atoms with Crippen molar-refractivity contribution in [3.63, 3.8) is 0 Å². The summed E-state index contributed by atoms with van der Waals surface area (Å²) in [6.45, 7) is 9.08. The lowest BCUT2D eigenvalue weighted by Crippen LogP contribution is -2.30. The Morgan fingerprint density at radius 2 is 2.19 bits per heavy atom. The lowest BCUT2D eigenvalue weighted by atomic mass is 10.2. The summed E-state index contributed by atoms with van der Waals surface area (Å²) in [5, 5.41) is 3.39. The standard InChI is InChI=1S/C12H23N3O/c1-10(2)8-15-6-5-13-12(15)7-14-11(3)9-16-4/h5-6,10-11,14H,7-9H2,1-4H3. The van der Waals surface area contributed by atoms with Gasteiger partial charge in [0.2, 0.25) is 0 Å². The van der Waals surface area contributed by atoms with Crippen molar-refractivity contribution >= 4 is 0 Å². The Morgan fingerprint density at radius 1 is 1.44 bits per heavy atom. The largest absolute Gasteiger partial charge is 0.383 e. The van der Waals surface area contributed by atoms with Crippen LogP contribution in [0.1, 0.15) is 26.6 Å². The first-order valence-corrected chi connectivity index (χ1v) is 5.85. The molecule has 92 valence electrons. The molecule has 0 aliphatic rings. The average Bonchev–Trinajstić information content (AvgIpc) is 2.62. The number of hydrogen-bond donors (Lipinski definition) is 1. The highest BCUT2D eigenvalue weighted by molar-refractivity contribution is 4.92. The van der Waals surface area contributed by atoms with E-state index >= 15 is 0 Å². The van der Waals surface area contributed by atoms with E-state index in [1.54, 1.807) is 7.11 Å². The summed E-state index contributed by atoms with van der Waals surface area (Å²) < 4.78 is 7.28. The van der Waals surface area contributed by atoms with E-state index in [-0.39, 0.29) is 0 Å². The second-order valence-electron chi connectivity index (χ2n) is 4.63. The molecule has 0 saturated heterocycles. The van der Waals surface area contributed by atoms with Gasteiger partial charge >= 0.3 is 0 Å². The smallest absolute Gasteiger partial charge is 0.122 e. The van der Waals surface area contributed by atoms with Gasteiger partial charge in [-0.1, -0.05) is 13.8 Å². The Kier molecular flexibility index (Phi) is 5.49. The zero-order valence-corrected chi connectivity index (χ0v) is 10.7. The third kappa shape index (κ3) is 4.33. The molecule has 1 atom stereocenters. The van der Waals surface area contributed by atoms with E-state index in [2.05, 4.69) is 35.6 Å². The van der Waals surface area contributed by atoms with E-state index in [4.69, 9.17) is 4.74 Å². The molecule has 0 amide bonds. The predicted octanol–water partition coefficient (Wildman–Crippen LogP) is 1.66. The van der Waals surface area contributed by atoms with Gasteiger partial charge in [-0.2, -0.15) is 0 Å². The number of ether oxygens (including phenoxy) is 1. The molecule has 1 aromatic rings. The Morgan fingerprint density at radius 3 is 2.81 bits per heavy atom. The lowest BCUT2D eigenvalue weighted by molar-refractivity contribution is 0.171. The second kappa shape index (κ2) is 6.66. The number of methoxy groups -OCH3 is 1. The number of hydrogen-bond acceptors (Lipinski definition) is 3. The summed E-state index contributed by atoms with van der Waals surface area (Å²) in [6, 6.07) is 0.356. The van der Waals surface area contributed by atoms with Crippen LogP contribution in [0, 0.1) is 5.92 Å². The molecule has 1 heterocycles. The quantitative estimate of drug-likeness (QED) is 0.767. The van der Waals surface area contributed by atoms with Crippen molar-refractivity contribution in [2.24, 2.45) is 5.92 Å². The molecular weight excluding hydrogens is 202 g/mol. The van der Waals surface area contributed by atoms with Crippen LogP contribution < -0.4 is 5.32 Å². The van der Waals surface area contributed by atoms with Gasteiger partial charge in [0.05, 0.1) is 13.2 Å². The molecule has 1 aromatic heterocycles. The molecule has 1 N–H and O–H groups in total. The van der Waals surface area contributed by atoms with Crippen molar-refractivity contribution in [3.8, 4) is 0 Å². The van der Waals surface area contributed by atoms with Crippen LogP contribution in [0.15, 0.2) is 12.4 Å². The number of nitrogens with one attached hydrogen (secondary N) is 1. The van der Waals surface area contributed by atoms with Crippen molar-refractivity contribution in [1.29, 1.82) is 0 Å². The zero-order chi connectivity index (χ0) is 12.0. The molecule has 0 aliphatic heterocycles. The maximum absolute atomic E-state index is 5.08. The summed E-state index contributed by atoms with van der Waals surface area (Å²) in [5.74, 6) is 1.74. The fourth-order valence-electron chi connectivity index (χ4n) is 1.64. The maximum Gasteiger partial charge on any atom is 0.122 e. The molecule has 0 aromatic carbocycles. The van der Waals surface area contributed by atoms with Gasteiger partial charge in [0.25, 0.3) is 0 Å². The molecule has 0 spiro atoms. The van der Waals surface area contributed by atoms with Gasteiger partial charge in [-0.15, -0.1) is 0 Å². The van der Waals surface area contributed by atoms with E-state index in [1.165, 1.54) is 0 Å². The SMILES string of the molecule is COCC(C)NCc1nccn1CC(C)C. The van der Waals surface area contributed by atoms with Crippen LogP contribution >= 0.6 is 0 Å². The summed E-state index contributed by atoms with van der Waals surface area (Å²) in [4.78, 5) is 4.36. The molecule has 4 nitrogen and oxygen atoms in total. The van der Waals surface area contributed by atoms with E-state index in [0.717, 1.165) is 25.5 Å². The molecule has 0 aliphatic carbocycles. The number of imidazole rings is 1. The second-order valence-corrected chi connectivity index (χ2v) is 4.63. The monoisotopic (exact) mass is 225 g/mol. The molecule has 0 fully saturated rings. The molecule has 0 bridgehead atoms. The molecule has 1 unspecified atom stereocenters. The van der Waals surface area contributed by atoms with Gasteiger partial charge in [0.1, 0.15) is 5.82 Å². The molecule has 0 radical (unpaired) electrons. The first-order valence-electron chi connectivity index (χ1n) is 5.85. The van der Waals surface area contributed by atoms with Crippen LogP contribution in [0.2, 0.25) is 0 Å². The van der Waals surface area contributed by atoms with Crippen molar-refractivity contribution in [3.05, 3.63) is 18.2 Å². The first kappa shape index (κ1) is 13.2. The Labute approximate surface area is 98.0 Å². The first-order chi connectivity index (χ1) is 7.63. The Balaban J connectivity index is 2.44. The van der Waals surface area contributed by atoms with Gasteiger partial charge in [-0.25, -0.2) is 4.98 Å². The van der Waals surface area contributed by atoms with Crippen LogP contribution in [-0.4, -0.2) is 29.3 Å². The number of rotatable bonds is 7. The third-order valence-electron chi connectivity index (χ3n) is 2.39. The van der Waals surface area contributed by atoms with Gasteiger partial charge in [0.15, 0.2) is 0 Å². The normalized spacial score (nSPS) is 13.3. The summed E-state index contributed by atoms with van der Waals surface area (Å²) in [7, 11) is 1.72. The van der Waals surface area contributed by atoms with E-state index in [0.29, 0.717) is 12.0 Å². The van der Waals surface area contributed by atoms with Crippen molar-refractivity contribution < 1.29 is 4.74 Å². The van der Waals surface area contributed by atoms with Crippen LogP contribution in [0.5, 0.6) is 0 Å². The molecular formula is C12H23N3O. The highest BCUT2D eigenvalue weighted by Crippen LogP contribution is 2.03. The molecule has 16 heavy (non-hydrogen) atoms. The average molecular weight is 225 g/mol. The fourth-order valence-corrected chi connectivity index (χ4v) is 1.64. The van der Waals surface area contributed by atoms with Gasteiger partial charge < -0.3 is 14.6 Å². The van der Waals surface area contributed by atoms with Gasteiger partial charge in [0, 0.05) is 32.1 Å². The summed E-state index contributed by atoms with van der Waals surface area (Å²) >= 11 is 0. The number of aromatic nitrogens is 2. The van der Waals surface area contributed by atoms with Crippen LogP contribution in [0.25, 0.3) is 0 Å². The van der Waals surface area contributed by atoms with E-state index < -0.39 is 0 Å². The highest BCUT2D eigenvalue weighted by atomic mass is 16.5. The van der Waals surface area contributed by atoms with Crippen molar-refractivity contribution in [1.82, 2.24) is 14.9 Å². The Hall–Kier alpha value is -0.870. The topological polar surface area (TPSA) is 39.1 Å². The van der Waals surface area contributed by atoms with Crippen LogP contribution in [0.3, 0.4) is 0 Å². The predicted molar refractivity (Wildman–Crippen MR) is 65.2 cm³/mol. The Bertz CT molecular complexity index is 296. The van der Waals surface area contributed by atoms with E-state index in [1.807, 2.05) is 12.4 Å². The van der Waals surface area contributed by atoms with Gasteiger partial charge in [-0.3, -0.25) is 0 Å². The summed E-state index contributed by atoms with van der Waals surface area (Å²) in [6.07, 6.45) is 3.90. The van der Waals surface area contributed by atoms with Crippen molar-refractivity contribution in [2.75, 3.05) is 13.7 Å². The van der Waals surface area contributed by atoms with Crippen molar-refractivity contribution in [2.45, 2.75) is 39.9 Å². The molecule has 4 heteroatoms. The summed E-state index contributed by atoms with van der Waals surface area (Å²) in [5.41, 5.74) is 0. The molecule has 1 rings (SSSR count). The lowest BCUT2D eigenvalue weighted by Gasteiger charge is -2.14. The van der Waals surface area contributed by atoms with E-state index in [9.17, 15) is 0 Å². The maximum atomic E-state index is 5.08. The third-order valence-corrected chi connectivity index (χ3v) is 2.39. The minimum absolute atomic E-state index is 0.356. The van der Waals surface area contributed by atoms with Gasteiger partial charge in [-0.05, 0) is 12.8 Å².